The third-order valence-corrected chi connectivity index (χ3v) is 3.00. The van der Waals surface area contributed by atoms with Crippen molar-refractivity contribution in [1.82, 2.24) is 0 Å². The van der Waals surface area contributed by atoms with Crippen molar-refractivity contribution < 1.29 is 52.1 Å². The highest BCUT2D eigenvalue weighted by Crippen LogP contribution is 2.61. The molecule has 4 N–H and O–H groups in total. The van der Waals surface area contributed by atoms with E-state index in [-0.39, 0.29) is 0 Å². The van der Waals surface area contributed by atoms with Crippen LogP contribution in [-0.2, 0) is 22.5 Å². The van der Waals surface area contributed by atoms with Gasteiger partial charge in [-0.25, -0.2) is 18.7 Å². The third-order valence-electron chi connectivity index (χ3n) is 0.586. The van der Waals surface area contributed by atoms with Crippen molar-refractivity contribution in [3.63, 3.8) is 0 Å². The van der Waals surface area contributed by atoms with Crippen LogP contribution in [0.5, 0.6) is 0 Å². The molecule has 0 fully saturated rings. The summed E-state index contributed by atoms with van der Waals surface area (Å²) >= 11 is 0. The van der Waals surface area contributed by atoms with Gasteiger partial charge in [-0.3, -0.25) is 0 Å². The van der Waals surface area contributed by atoms with E-state index in [9.17, 15) is 18.7 Å². The lowest BCUT2D eigenvalue weighted by molar-refractivity contribution is 0.101. The smallest absolute Gasteiger partial charge is 0.449 e. The summed E-state index contributed by atoms with van der Waals surface area (Å²) in [5.74, 6) is 0. The number of hydrogen-bond donors (Lipinski definition) is 4. The van der Waals surface area contributed by atoms with Gasteiger partial charge in [0, 0.05) is 0 Å². The molecule has 0 amide bonds. The Morgan fingerprint density at radius 2 is 1.27 bits per heavy atom. The Kier molecular flexibility index (Phi) is 4.26. The second-order valence-electron chi connectivity index (χ2n) is 1.73. The maximum atomic E-state index is 10.9. The average molecular weight is 266 g/mol. The van der Waals surface area contributed by atoms with Crippen LogP contribution in [0.1, 0.15) is 0 Å². The van der Waals surface area contributed by atoms with E-state index in [1.165, 1.54) is 0 Å². The van der Waals surface area contributed by atoms with Crippen molar-refractivity contribution >= 4 is 28.0 Å². The van der Waals surface area contributed by atoms with Crippen molar-refractivity contribution in [1.29, 1.82) is 0 Å². The zero-order valence-electron chi connectivity index (χ0n) is 6.54. The zero-order chi connectivity index (χ0) is 12.3. The minimum Gasteiger partial charge on any atom is -0.449 e. The summed E-state index contributed by atoms with van der Waals surface area (Å²) in [6.45, 7) is 0. The molecule has 0 aromatic heterocycles. The lowest BCUT2D eigenvalue weighted by Crippen LogP contribution is -2.07. The fourth-order valence-corrected chi connectivity index (χ4v) is 2.10. The largest absolute Gasteiger partial charge is 0.605 e. The molecular formula is C2H4O11P2. The van der Waals surface area contributed by atoms with E-state index < -0.39 is 28.0 Å². The number of carbonyl (C=O) groups is 2. The summed E-state index contributed by atoms with van der Waals surface area (Å²) in [6.07, 6.45) is -4.60. The first-order chi connectivity index (χ1) is 6.54. The molecule has 13 heteroatoms. The molecule has 0 unspecified atom stereocenters. The molecule has 0 atom stereocenters. The van der Waals surface area contributed by atoms with Crippen molar-refractivity contribution in [2.75, 3.05) is 0 Å². The number of phosphoric acid groups is 2. The van der Waals surface area contributed by atoms with Gasteiger partial charge < -0.3 is 29.0 Å². The SMILES string of the molecule is O=C(O)OP(=O)(OC(=O)O)OP(=O)(O)O. The van der Waals surface area contributed by atoms with E-state index in [2.05, 4.69) is 13.4 Å². The van der Waals surface area contributed by atoms with Crippen LogP contribution in [0.15, 0.2) is 0 Å². The van der Waals surface area contributed by atoms with E-state index >= 15 is 0 Å². The van der Waals surface area contributed by atoms with Gasteiger partial charge in [-0.05, 0) is 0 Å². The lowest BCUT2D eigenvalue weighted by Gasteiger charge is -2.13. The molecular weight excluding hydrogens is 262 g/mol. The van der Waals surface area contributed by atoms with Crippen molar-refractivity contribution in [2.45, 2.75) is 0 Å². The summed E-state index contributed by atoms with van der Waals surface area (Å²) in [5, 5.41) is 15.9. The molecule has 0 aliphatic carbocycles. The van der Waals surface area contributed by atoms with Crippen LogP contribution in [0.25, 0.3) is 0 Å². The van der Waals surface area contributed by atoms with Gasteiger partial charge in [0.15, 0.2) is 0 Å². The molecule has 0 spiro atoms. The Balaban J connectivity index is 4.86. The van der Waals surface area contributed by atoms with Crippen LogP contribution >= 0.6 is 15.6 Å². The highest BCUT2D eigenvalue weighted by molar-refractivity contribution is 7.61. The molecule has 15 heavy (non-hydrogen) atoms. The van der Waals surface area contributed by atoms with Crippen molar-refractivity contribution in [3.8, 4) is 0 Å². The van der Waals surface area contributed by atoms with Gasteiger partial charge in [-0.1, -0.05) is 0 Å². The molecule has 0 rings (SSSR count). The first kappa shape index (κ1) is 13.9. The fraction of sp³-hybridized carbons (Fsp3) is 0. The van der Waals surface area contributed by atoms with Crippen LogP contribution in [0.2, 0.25) is 0 Å². The molecule has 88 valence electrons. The van der Waals surface area contributed by atoms with Gasteiger partial charge in [0.1, 0.15) is 0 Å². The molecule has 0 saturated carbocycles. The highest BCUT2D eigenvalue weighted by Gasteiger charge is 2.42. The second kappa shape index (κ2) is 4.60. The van der Waals surface area contributed by atoms with Crippen LogP contribution in [0.4, 0.5) is 9.59 Å². The van der Waals surface area contributed by atoms with Gasteiger partial charge >= 0.3 is 28.0 Å². The summed E-state index contributed by atoms with van der Waals surface area (Å²) in [4.78, 5) is 36.1. The molecule has 0 radical (unpaired) electrons. The fourth-order valence-electron chi connectivity index (χ4n) is 0.374. The summed E-state index contributed by atoms with van der Waals surface area (Å²) in [7, 11) is -10.9. The maximum absolute atomic E-state index is 10.9. The minimum absolute atomic E-state index is 2.30. The molecule has 0 heterocycles. The van der Waals surface area contributed by atoms with Crippen molar-refractivity contribution in [2.24, 2.45) is 0 Å². The predicted octanol–water partition coefficient (Wildman–Crippen LogP) is 0.593. The summed E-state index contributed by atoms with van der Waals surface area (Å²) in [6, 6.07) is 0. The molecule has 0 saturated heterocycles. The Hall–Kier alpha value is -1.12. The monoisotopic (exact) mass is 266 g/mol. The summed E-state index contributed by atoms with van der Waals surface area (Å²) in [5.41, 5.74) is 0. The quantitative estimate of drug-likeness (QED) is 0.523. The van der Waals surface area contributed by atoms with E-state index in [0.29, 0.717) is 0 Å². The van der Waals surface area contributed by atoms with Crippen molar-refractivity contribution in [3.05, 3.63) is 0 Å². The third kappa shape index (κ3) is 6.89. The highest BCUT2D eigenvalue weighted by atomic mass is 31.3. The normalized spacial score (nSPS) is 11.9. The standard InChI is InChI=1S/C2H4O11P2/c3-1(4)11-15(10,12-2(5)6)13-14(7,8)9/h(H,3,4)(H,5,6)(H2,7,8,9). The van der Waals surface area contributed by atoms with E-state index in [1.807, 2.05) is 0 Å². The van der Waals surface area contributed by atoms with Crippen LogP contribution in [0, 0.1) is 0 Å². The van der Waals surface area contributed by atoms with E-state index in [0.717, 1.165) is 0 Å². The van der Waals surface area contributed by atoms with Gasteiger partial charge in [-0.15, -0.1) is 0 Å². The minimum atomic E-state index is -5.44. The Bertz CT molecular complexity index is 330. The average Bonchev–Trinajstić information content (AvgIpc) is 1.73. The number of hydrogen-bond acceptors (Lipinski definition) is 7. The Labute approximate surface area is 81.0 Å². The Morgan fingerprint density at radius 3 is 1.47 bits per heavy atom. The van der Waals surface area contributed by atoms with Gasteiger partial charge in [-0.2, -0.15) is 4.31 Å². The first-order valence-electron chi connectivity index (χ1n) is 2.76. The number of rotatable bonds is 4. The molecule has 0 aliphatic rings. The topological polar surface area (TPSA) is 177 Å². The molecule has 11 nitrogen and oxygen atoms in total. The van der Waals surface area contributed by atoms with E-state index in [1.54, 1.807) is 0 Å². The van der Waals surface area contributed by atoms with Gasteiger partial charge in [0.05, 0.1) is 0 Å². The Morgan fingerprint density at radius 1 is 0.933 bits per heavy atom. The second-order valence-corrected chi connectivity index (χ2v) is 4.63. The maximum Gasteiger partial charge on any atom is 0.605 e. The van der Waals surface area contributed by atoms with Crippen LogP contribution < -0.4 is 0 Å². The molecule has 0 bridgehead atoms. The zero-order valence-corrected chi connectivity index (χ0v) is 8.33. The lowest BCUT2D eigenvalue weighted by atomic mass is 11.5. The van der Waals surface area contributed by atoms with Gasteiger partial charge in [0.25, 0.3) is 0 Å². The number of phosphoric ester groups is 1. The molecule has 0 aromatic carbocycles. The van der Waals surface area contributed by atoms with Gasteiger partial charge in [0.2, 0.25) is 0 Å². The van der Waals surface area contributed by atoms with E-state index in [4.69, 9.17) is 20.0 Å². The predicted molar refractivity (Wildman–Crippen MR) is 39.0 cm³/mol. The molecule has 0 aromatic rings. The first-order valence-corrected chi connectivity index (χ1v) is 5.75. The summed E-state index contributed by atoms with van der Waals surface area (Å²) < 4.78 is 30.9. The molecule has 0 aliphatic heterocycles. The number of carboxylic acid groups (broad SMARTS) is 2. The van der Waals surface area contributed by atoms with Crippen LogP contribution in [-0.4, -0.2) is 32.3 Å². The van der Waals surface area contributed by atoms with Crippen LogP contribution in [0.3, 0.4) is 0 Å².